The lowest BCUT2D eigenvalue weighted by atomic mass is 10.1. The molecule has 0 spiro atoms. The summed E-state index contributed by atoms with van der Waals surface area (Å²) in [5.74, 6) is 0. The van der Waals surface area contributed by atoms with Gasteiger partial charge in [0.1, 0.15) is 0 Å². The third kappa shape index (κ3) is 3.34. The molecule has 2 aromatic rings. The highest BCUT2D eigenvalue weighted by atomic mass is 35.5. The fourth-order valence-corrected chi connectivity index (χ4v) is 2.45. The van der Waals surface area contributed by atoms with Crippen LogP contribution in [-0.4, -0.2) is 6.54 Å². The number of rotatable bonds is 4. The average Bonchev–Trinajstić information content (AvgIpc) is 2.41. The summed E-state index contributed by atoms with van der Waals surface area (Å²) in [6.45, 7) is 0.380. The van der Waals surface area contributed by atoms with Crippen molar-refractivity contribution in [1.82, 2.24) is 0 Å². The fraction of sp³-hybridized carbons (Fsp3) is 0.143. The molecule has 2 rings (SSSR count). The van der Waals surface area contributed by atoms with Crippen LogP contribution in [0.1, 0.15) is 11.6 Å². The van der Waals surface area contributed by atoms with E-state index in [1.807, 2.05) is 36.4 Å². The van der Waals surface area contributed by atoms with Crippen molar-refractivity contribution in [3.05, 3.63) is 63.1 Å². The average molecular weight is 316 g/mol. The predicted octanol–water partition coefficient (Wildman–Crippen LogP) is 4.76. The van der Waals surface area contributed by atoms with Crippen molar-refractivity contribution in [3.8, 4) is 0 Å². The van der Waals surface area contributed by atoms with E-state index in [-0.39, 0.29) is 6.04 Å². The van der Waals surface area contributed by atoms with Crippen molar-refractivity contribution in [2.45, 2.75) is 6.04 Å². The van der Waals surface area contributed by atoms with Crippen molar-refractivity contribution in [3.63, 3.8) is 0 Å². The van der Waals surface area contributed by atoms with Crippen molar-refractivity contribution >= 4 is 40.5 Å². The number of anilines is 1. The maximum absolute atomic E-state index is 6.21. The molecule has 2 aromatic carbocycles. The van der Waals surface area contributed by atoms with Gasteiger partial charge in [-0.15, -0.1) is 0 Å². The Balaban J connectivity index is 2.31. The molecular formula is C14H13Cl3N2. The zero-order valence-corrected chi connectivity index (χ0v) is 12.3. The Labute approximate surface area is 127 Å². The molecule has 0 saturated carbocycles. The van der Waals surface area contributed by atoms with E-state index in [0.717, 1.165) is 11.3 Å². The lowest BCUT2D eigenvalue weighted by molar-refractivity contribution is 0.790. The van der Waals surface area contributed by atoms with Crippen molar-refractivity contribution in [2.24, 2.45) is 5.73 Å². The summed E-state index contributed by atoms with van der Waals surface area (Å²) >= 11 is 18.4. The van der Waals surface area contributed by atoms with Crippen LogP contribution in [0.2, 0.25) is 15.1 Å². The molecule has 0 aromatic heterocycles. The topological polar surface area (TPSA) is 38.0 Å². The van der Waals surface area contributed by atoms with Gasteiger partial charge in [-0.05, 0) is 23.8 Å². The molecule has 1 atom stereocenters. The first-order valence-corrected chi connectivity index (χ1v) is 6.92. The molecule has 0 bridgehead atoms. The summed E-state index contributed by atoms with van der Waals surface area (Å²) < 4.78 is 0. The second-order valence-corrected chi connectivity index (χ2v) is 5.25. The van der Waals surface area contributed by atoms with Gasteiger partial charge in [0.05, 0.1) is 26.8 Å². The van der Waals surface area contributed by atoms with Gasteiger partial charge in [0.25, 0.3) is 0 Å². The highest BCUT2D eigenvalue weighted by molar-refractivity contribution is 6.42. The molecule has 5 heteroatoms. The van der Waals surface area contributed by atoms with E-state index in [4.69, 9.17) is 40.5 Å². The van der Waals surface area contributed by atoms with Gasteiger partial charge in [-0.3, -0.25) is 0 Å². The molecule has 0 amide bonds. The Morgan fingerprint density at radius 2 is 1.63 bits per heavy atom. The van der Waals surface area contributed by atoms with Gasteiger partial charge >= 0.3 is 0 Å². The van der Waals surface area contributed by atoms with Crippen LogP contribution < -0.4 is 11.1 Å². The molecule has 0 aliphatic heterocycles. The summed E-state index contributed by atoms with van der Waals surface area (Å²) in [6.07, 6.45) is 0. The smallest absolute Gasteiger partial charge is 0.0651 e. The molecule has 100 valence electrons. The minimum absolute atomic E-state index is 0.147. The number of nitrogens with two attached hydrogens (primary N) is 1. The molecule has 0 fully saturated rings. The largest absolute Gasteiger partial charge is 0.376 e. The van der Waals surface area contributed by atoms with E-state index in [0.29, 0.717) is 21.6 Å². The van der Waals surface area contributed by atoms with Crippen LogP contribution in [0.15, 0.2) is 42.5 Å². The van der Waals surface area contributed by atoms with E-state index < -0.39 is 0 Å². The number of benzene rings is 2. The maximum Gasteiger partial charge on any atom is 0.0651 e. The minimum atomic E-state index is -0.147. The molecule has 0 saturated heterocycles. The Kier molecular flexibility index (Phi) is 4.94. The second-order valence-electron chi connectivity index (χ2n) is 4.06. The van der Waals surface area contributed by atoms with Gasteiger partial charge in [-0.1, -0.05) is 59.1 Å². The highest BCUT2D eigenvalue weighted by Gasteiger charge is 2.15. The van der Waals surface area contributed by atoms with E-state index in [9.17, 15) is 0 Å². The van der Waals surface area contributed by atoms with Crippen LogP contribution in [0.4, 0.5) is 5.69 Å². The quantitative estimate of drug-likeness (QED) is 0.853. The first kappa shape index (κ1) is 14.5. The Morgan fingerprint density at radius 3 is 2.32 bits per heavy atom. The van der Waals surface area contributed by atoms with E-state index >= 15 is 0 Å². The first-order chi connectivity index (χ1) is 9.13. The van der Waals surface area contributed by atoms with Gasteiger partial charge in [-0.2, -0.15) is 0 Å². The van der Waals surface area contributed by atoms with Crippen LogP contribution in [0.25, 0.3) is 0 Å². The van der Waals surface area contributed by atoms with Crippen LogP contribution in [0.3, 0.4) is 0 Å². The first-order valence-electron chi connectivity index (χ1n) is 5.78. The predicted molar refractivity (Wildman–Crippen MR) is 83.3 cm³/mol. The monoisotopic (exact) mass is 314 g/mol. The molecule has 2 nitrogen and oxygen atoms in total. The molecule has 0 heterocycles. The third-order valence-corrected chi connectivity index (χ3v) is 3.96. The van der Waals surface area contributed by atoms with Crippen molar-refractivity contribution < 1.29 is 0 Å². The molecule has 3 N–H and O–H groups in total. The Morgan fingerprint density at radius 1 is 0.947 bits per heavy atom. The molecule has 0 radical (unpaired) electrons. The van der Waals surface area contributed by atoms with Crippen LogP contribution in [0.5, 0.6) is 0 Å². The number of para-hydroxylation sites is 1. The van der Waals surface area contributed by atoms with Crippen molar-refractivity contribution in [1.29, 1.82) is 0 Å². The summed E-state index contributed by atoms with van der Waals surface area (Å²) in [5, 5.41) is 4.95. The molecule has 0 aliphatic carbocycles. The molecule has 19 heavy (non-hydrogen) atoms. The summed E-state index contributed by atoms with van der Waals surface area (Å²) in [5.41, 5.74) is 7.49. The van der Waals surface area contributed by atoms with Gasteiger partial charge in [0.15, 0.2) is 0 Å². The SMILES string of the molecule is NCC(Nc1ccccc1Cl)c1cccc(Cl)c1Cl. The molecule has 0 aliphatic rings. The lowest BCUT2D eigenvalue weighted by Gasteiger charge is -2.21. The van der Waals surface area contributed by atoms with Gasteiger partial charge in [-0.25, -0.2) is 0 Å². The zero-order valence-electron chi connectivity index (χ0n) is 10.0. The number of hydrogen-bond acceptors (Lipinski definition) is 2. The van der Waals surface area contributed by atoms with Crippen molar-refractivity contribution in [2.75, 3.05) is 11.9 Å². The van der Waals surface area contributed by atoms with E-state index in [1.165, 1.54) is 0 Å². The number of halogens is 3. The number of hydrogen-bond donors (Lipinski definition) is 2. The van der Waals surface area contributed by atoms with Crippen LogP contribution >= 0.6 is 34.8 Å². The van der Waals surface area contributed by atoms with Crippen LogP contribution in [-0.2, 0) is 0 Å². The van der Waals surface area contributed by atoms with Gasteiger partial charge in [0, 0.05) is 6.54 Å². The normalized spacial score (nSPS) is 12.2. The van der Waals surface area contributed by atoms with Gasteiger partial charge in [0.2, 0.25) is 0 Å². The lowest BCUT2D eigenvalue weighted by Crippen LogP contribution is -2.21. The highest BCUT2D eigenvalue weighted by Crippen LogP contribution is 2.32. The van der Waals surface area contributed by atoms with Crippen LogP contribution in [0, 0.1) is 0 Å². The Hall–Kier alpha value is -0.930. The Bertz CT molecular complexity index is 572. The molecular weight excluding hydrogens is 303 g/mol. The number of nitrogens with one attached hydrogen (secondary N) is 1. The third-order valence-electron chi connectivity index (χ3n) is 2.80. The molecule has 1 unspecified atom stereocenters. The summed E-state index contributed by atoms with van der Waals surface area (Å²) in [4.78, 5) is 0. The standard InChI is InChI=1S/C14H13Cl3N2/c15-10-5-1-2-7-12(10)19-13(8-18)9-4-3-6-11(16)14(9)17/h1-7,13,19H,8,18H2. The minimum Gasteiger partial charge on any atom is -0.376 e. The summed E-state index contributed by atoms with van der Waals surface area (Å²) in [6, 6.07) is 12.8. The summed E-state index contributed by atoms with van der Waals surface area (Å²) in [7, 11) is 0. The van der Waals surface area contributed by atoms with Gasteiger partial charge < -0.3 is 11.1 Å². The maximum atomic E-state index is 6.21. The van der Waals surface area contributed by atoms with E-state index in [1.54, 1.807) is 6.07 Å². The fourth-order valence-electron chi connectivity index (χ4n) is 1.82. The zero-order chi connectivity index (χ0) is 13.8. The second kappa shape index (κ2) is 6.49. The van der Waals surface area contributed by atoms with E-state index in [2.05, 4.69) is 5.32 Å².